The number of pyridine rings is 1. The first-order valence-corrected chi connectivity index (χ1v) is 13.4. The topological polar surface area (TPSA) is 75.7 Å². The van der Waals surface area contributed by atoms with Gasteiger partial charge in [0.2, 0.25) is 0 Å². The smallest absolute Gasteiger partial charge is 0.323 e. The van der Waals surface area contributed by atoms with Gasteiger partial charge < -0.3 is 20.1 Å². The van der Waals surface area contributed by atoms with E-state index in [1.807, 2.05) is 54.7 Å². The first-order valence-electron chi connectivity index (χ1n) is 13.4. The van der Waals surface area contributed by atoms with Crippen LogP contribution >= 0.6 is 0 Å². The normalized spacial score (nSPS) is 14.3. The van der Waals surface area contributed by atoms with Crippen molar-refractivity contribution in [2.75, 3.05) is 44.0 Å². The fraction of sp³-hybridized carbons (Fsp3) is 0.312. The van der Waals surface area contributed by atoms with Crippen molar-refractivity contribution in [3.8, 4) is 16.9 Å². The summed E-state index contributed by atoms with van der Waals surface area (Å²) >= 11 is 0. The number of hydrogen-bond donors (Lipinski definition) is 2. The van der Waals surface area contributed by atoms with Crippen molar-refractivity contribution in [3.63, 3.8) is 0 Å². The summed E-state index contributed by atoms with van der Waals surface area (Å²) in [6.07, 6.45) is 1.94. The third kappa shape index (κ3) is 6.21. The highest BCUT2D eigenvalue weighted by atomic mass is 16.5. The van der Waals surface area contributed by atoms with E-state index in [2.05, 4.69) is 54.5 Å². The number of nitrogens with one attached hydrogen (secondary N) is 2. The van der Waals surface area contributed by atoms with E-state index < -0.39 is 0 Å². The molecule has 0 unspecified atom stereocenters. The van der Waals surface area contributed by atoms with Crippen molar-refractivity contribution in [2.45, 2.75) is 32.7 Å². The van der Waals surface area contributed by atoms with Crippen molar-refractivity contribution in [2.24, 2.45) is 0 Å². The molecule has 5 rings (SSSR count). The van der Waals surface area contributed by atoms with Crippen molar-refractivity contribution < 1.29 is 14.3 Å². The molecule has 1 fully saturated rings. The molecule has 1 aromatic heterocycles. The van der Waals surface area contributed by atoms with Gasteiger partial charge in [0.15, 0.2) is 0 Å². The Bertz CT molecular complexity index is 1460. The minimum Gasteiger partial charge on any atom is -0.495 e. The summed E-state index contributed by atoms with van der Waals surface area (Å²) in [6, 6.07) is 21.8. The first kappa shape index (κ1) is 26.7. The quantitative estimate of drug-likeness (QED) is 0.294. The third-order valence-electron chi connectivity index (χ3n) is 7.11. The molecule has 0 bridgehead atoms. The van der Waals surface area contributed by atoms with Gasteiger partial charge in [-0.3, -0.25) is 9.88 Å². The van der Waals surface area contributed by atoms with Gasteiger partial charge in [-0.05, 0) is 46.2 Å². The number of aromatic nitrogens is 1. The lowest BCUT2D eigenvalue weighted by Crippen LogP contribution is -2.35. The Labute approximate surface area is 230 Å². The molecule has 1 aliphatic rings. The second-order valence-electron chi connectivity index (χ2n) is 10.9. The van der Waals surface area contributed by atoms with Crippen molar-refractivity contribution in [1.29, 1.82) is 0 Å². The van der Waals surface area contributed by atoms with Crippen LogP contribution in [0.15, 0.2) is 72.9 Å². The lowest BCUT2D eigenvalue weighted by molar-refractivity contribution is 0.0336. The Balaban J connectivity index is 1.35. The summed E-state index contributed by atoms with van der Waals surface area (Å²) in [4.78, 5) is 20.1. The number of anilines is 2. The molecule has 1 aliphatic heterocycles. The molecule has 2 amide bonds. The maximum Gasteiger partial charge on any atom is 0.323 e. The Morgan fingerprint density at radius 2 is 1.67 bits per heavy atom. The van der Waals surface area contributed by atoms with Gasteiger partial charge in [0, 0.05) is 36.8 Å². The summed E-state index contributed by atoms with van der Waals surface area (Å²) in [5, 5.41) is 7.97. The van der Waals surface area contributed by atoms with Crippen LogP contribution in [0.3, 0.4) is 0 Å². The molecule has 1 saturated heterocycles. The van der Waals surface area contributed by atoms with Crippen LogP contribution in [0.4, 0.5) is 16.2 Å². The van der Waals surface area contributed by atoms with Crippen molar-refractivity contribution in [1.82, 2.24) is 9.88 Å². The molecule has 0 atom stereocenters. The highest BCUT2D eigenvalue weighted by Crippen LogP contribution is 2.34. The molecule has 0 spiro atoms. The lowest BCUT2D eigenvalue weighted by Gasteiger charge is -2.26. The zero-order valence-electron chi connectivity index (χ0n) is 23.1. The molecular weight excluding hydrogens is 488 g/mol. The van der Waals surface area contributed by atoms with Crippen LogP contribution in [0, 0.1) is 0 Å². The summed E-state index contributed by atoms with van der Waals surface area (Å²) in [5.74, 6) is 0.627. The minimum absolute atomic E-state index is 0.0205. The van der Waals surface area contributed by atoms with Crippen LogP contribution in [-0.4, -0.2) is 49.3 Å². The van der Waals surface area contributed by atoms with Crippen LogP contribution in [0.2, 0.25) is 0 Å². The van der Waals surface area contributed by atoms with Gasteiger partial charge in [0.1, 0.15) is 5.75 Å². The maximum absolute atomic E-state index is 13.0. The van der Waals surface area contributed by atoms with E-state index in [0.717, 1.165) is 71.7 Å². The van der Waals surface area contributed by atoms with Crippen molar-refractivity contribution >= 4 is 28.2 Å². The monoisotopic (exact) mass is 524 g/mol. The predicted molar refractivity (Wildman–Crippen MR) is 158 cm³/mol. The molecule has 4 aromatic rings. The summed E-state index contributed by atoms with van der Waals surface area (Å²) in [5.41, 5.74) is 5.62. The molecular formula is C32H36N4O3. The predicted octanol–water partition coefficient (Wildman–Crippen LogP) is 6.68. The number of methoxy groups -OCH3 is 1. The van der Waals surface area contributed by atoms with Gasteiger partial charge in [-0.15, -0.1) is 0 Å². The standard InChI is InChI=1S/C32H36N4O3/c1-32(2,3)23-10-13-29(30(19-23)38-4)35-31(37)34-28-14-12-25(26-7-5-6-8-27(26)28)22-9-11-24(33-20-22)21-36-15-17-39-18-16-36/h5-14,19-20H,15-18,21H2,1-4H3,(H2,34,35,37). The first-order chi connectivity index (χ1) is 18.8. The molecule has 7 nitrogen and oxygen atoms in total. The van der Waals surface area contributed by atoms with Gasteiger partial charge in [-0.1, -0.05) is 63.2 Å². The number of carbonyl (C=O) groups is 1. The Morgan fingerprint density at radius 1 is 0.949 bits per heavy atom. The molecule has 2 N–H and O–H groups in total. The number of morpholine rings is 1. The van der Waals surface area contributed by atoms with E-state index in [4.69, 9.17) is 14.5 Å². The maximum atomic E-state index is 13.0. The zero-order valence-corrected chi connectivity index (χ0v) is 23.1. The SMILES string of the molecule is COc1cc(C(C)(C)C)ccc1NC(=O)Nc1ccc(-c2ccc(CN3CCOCC3)nc2)c2ccccc12. The highest BCUT2D eigenvalue weighted by Gasteiger charge is 2.18. The Morgan fingerprint density at radius 3 is 2.36 bits per heavy atom. The number of ether oxygens (including phenoxy) is 2. The molecule has 39 heavy (non-hydrogen) atoms. The van der Waals surface area contributed by atoms with Gasteiger partial charge in [0.05, 0.1) is 37.4 Å². The Kier molecular flexibility index (Phi) is 7.82. The summed E-state index contributed by atoms with van der Waals surface area (Å²) in [7, 11) is 1.61. The second kappa shape index (κ2) is 11.4. The molecule has 0 aliphatic carbocycles. The molecule has 2 heterocycles. The van der Waals surface area contributed by atoms with Crippen LogP contribution < -0.4 is 15.4 Å². The van der Waals surface area contributed by atoms with Crippen LogP contribution in [0.25, 0.3) is 21.9 Å². The molecule has 0 saturated carbocycles. The van der Waals surface area contributed by atoms with Crippen LogP contribution in [-0.2, 0) is 16.7 Å². The van der Waals surface area contributed by atoms with Gasteiger partial charge in [0.25, 0.3) is 0 Å². The number of fused-ring (bicyclic) bond motifs is 1. The van der Waals surface area contributed by atoms with E-state index in [9.17, 15) is 4.79 Å². The number of hydrogen-bond acceptors (Lipinski definition) is 5. The fourth-order valence-electron chi connectivity index (χ4n) is 4.86. The second-order valence-corrected chi connectivity index (χ2v) is 10.9. The number of carbonyl (C=O) groups excluding carboxylic acids is 1. The third-order valence-corrected chi connectivity index (χ3v) is 7.11. The Hall–Kier alpha value is -3.94. The van der Waals surface area contributed by atoms with E-state index in [1.54, 1.807) is 7.11 Å². The van der Waals surface area contributed by atoms with Gasteiger partial charge in [-0.2, -0.15) is 0 Å². The fourth-order valence-corrected chi connectivity index (χ4v) is 4.86. The van der Waals surface area contributed by atoms with Gasteiger partial charge >= 0.3 is 6.03 Å². The molecule has 0 radical (unpaired) electrons. The molecule has 3 aromatic carbocycles. The zero-order chi connectivity index (χ0) is 27.4. The van der Waals surface area contributed by atoms with E-state index in [1.165, 1.54) is 0 Å². The number of amides is 2. The van der Waals surface area contributed by atoms with Crippen LogP contribution in [0.1, 0.15) is 32.0 Å². The number of benzene rings is 3. The van der Waals surface area contributed by atoms with E-state index in [0.29, 0.717) is 11.4 Å². The number of urea groups is 1. The number of nitrogens with zero attached hydrogens (tertiary/aromatic N) is 2. The average molecular weight is 525 g/mol. The van der Waals surface area contributed by atoms with Crippen molar-refractivity contribution in [3.05, 3.63) is 84.2 Å². The number of rotatable bonds is 6. The largest absolute Gasteiger partial charge is 0.495 e. The van der Waals surface area contributed by atoms with Crippen LogP contribution in [0.5, 0.6) is 5.75 Å². The molecule has 7 heteroatoms. The molecule has 202 valence electrons. The van der Waals surface area contributed by atoms with E-state index >= 15 is 0 Å². The lowest BCUT2D eigenvalue weighted by atomic mass is 9.87. The minimum atomic E-state index is -0.330. The summed E-state index contributed by atoms with van der Waals surface area (Å²) < 4.78 is 11.0. The van der Waals surface area contributed by atoms with E-state index in [-0.39, 0.29) is 11.4 Å². The average Bonchev–Trinajstić information content (AvgIpc) is 2.94. The highest BCUT2D eigenvalue weighted by molar-refractivity contribution is 6.10. The summed E-state index contributed by atoms with van der Waals surface area (Å²) in [6.45, 7) is 10.7. The van der Waals surface area contributed by atoms with Gasteiger partial charge in [-0.25, -0.2) is 4.79 Å².